The molecule has 2 N–H and O–H groups in total. The Balaban J connectivity index is 1.85. The van der Waals surface area contributed by atoms with Crippen molar-refractivity contribution in [2.45, 2.75) is 45.1 Å². The van der Waals surface area contributed by atoms with E-state index >= 15 is 0 Å². The van der Waals surface area contributed by atoms with Gasteiger partial charge in [0.25, 0.3) is 0 Å². The summed E-state index contributed by atoms with van der Waals surface area (Å²) < 4.78 is 5.44. The summed E-state index contributed by atoms with van der Waals surface area (Å²) >= 11 is 0. The molecule has 3 heteroatoms. The fourth-order valence-corrected chi connectivity index (χ4v) is 2.77. The lowest BCUT2D eigenvalue weighted by molar-refractivity contribution is 0.0404. The summed E-state index contributed by atoms with van der Waals surface area (Å²) in [6, 6.07) is 0. The summed E-state index contributed by atoms with van der Waals surface area (Å²) in [6.45, 7) is 10.0. The van der Waals surface area contributed by atoms with E-state index in [0.29, 0.717) is 11.0 Å². The van der Waals surface area contributed by atoms with Crippen molar-refractivity contribution in [3.63, 3.8) is 0 Å². The normalized spacial score (nSPS) is 34.1. The molecule has 0 bridgehead atoms. The first-order valence-electron chi connectivity index (χ1n) is 6.72. The van der Waals surface area contributed by atoms with Crippen LogP contribution in [-0.2, 0) is 4.74 Å². The maximum absolute atomic E-state index is 5.44. The van der Waals surface area contributed by atoms with Crippen molar-refractivity contribution in [3.05, 3.63) is 0 Å². The lowest BCUT2D eigenvalue weighted by Gasteiger charge is -2.38. The molecule has 0 aromatic rings. The van der Waals surface area contributed by atoms with Gasteiger partial charge in [-0.2, -0.15) is 0 Å². The molecule has 0 saturated carbocycles. The zero-order chi connectivity index (χ0) is 11.5. The molecule has 1 atom stereocenters. The first-order chi connectivity index (χ1) is 7.68. The Morgan fingerprint density at radius 2 is 2.00 bits per heavy atom. The maximum Gasteiger partial charge on any atom is 0.0483 e. The van der Waals surface area contributed by atoms with Crippen LogP contribution in [0.3, 0.4) is 0 Å². The molecule has 94 valence electrons. The van der Waals surface area contributed by atoms with E-state index in [-0.39, 0.29) is 0 Å². The topological polar surface area (TPSA) is 33.3 Å². The van der Waals surface area contributed by atoms with Crippen LogP contribution in [0.25, 0.3) is 0 Å². The van der Waals surface area contributed by atoms with Gasteiger partial charge in [0.2, 0.25) is 0 Å². The monoisotopic (exact) mass is 226 g/mol. The number of nitrogens with one attached hydrogen (secondary N) is 2. The molecule has 3 nitrogen and oxygen atoms in total. The van der Waals surface area contributed by atoms with Gasteiger partial charge in [0.15, 0.2) is 0 Å². The smallest absolute Gasteiger partial charge is 0.0483 e. The highest BCUT2D eigenvalue weighted by molar-refractivity contribution is 4.93. The second-order valence-corrected chi connectivity index (χ2v) is 5.81. The van der Waals surface area contributed by atoms with Crippen LogP contribution < -0.4 is 10.6 Å². The third-order valence-electron chi connectivity index (χ3n) is 4.57. The van der Waals surface area contributed by atoms with Crippen LogP contribution in [-0.4, -0.2) is 38.4 Å². The Morgan fingerprint density at radius 1 is 1.25 bits per heavy atom. The van der Waals surface area contributed by atoms with Gasteiger partial charge in [-0.1, -0.05) is 6.92 Å². The first-order valence-corrected chi connectivity index (χ1v) is 6.72. The second kappa shape index (κ2) is 5.03. The van der Waals surface area contributed by atoms with Crippen LogP contribution in [0.4, 0.5) is 0 Å². The molecule has 0 aromatic heterocycles. The van der Waals surface area contributed by atoms with Crippen molar-refractivity contribution >= 4 is 0 Å². The predicted molar refractivity (Wildman–Crippen MR) is 66.7 cm³/mol. The SMILES string of the molecule is CCC1(CNC2(C)CCOCC2)CCNC1. The van der Waals surface area contributed by atoms with Gasteiger partial charge in [-0.05, 0) is 44.6 Å². The third-order valence-corrected chi connectivity index (χ3v) is 4.57. The molecule has 0 spiro atoms. The Kier molecular flexibility index (Phi) is 3.88. The van der Waals surface area contributed by atoms with E-state index in [9.17, 15) is 0 Å². The van der Waals surface area contributed by atoms with Crippen molar-refractivity contribution in [2.75, 3.05) is 32.8 Å². The molecule has 2 saturated heterocycles. The molecule has 2 aliphatic heterocycles. The predicted octanol–water partition coefficient (Wildman–Crippen LogP) is 1.53. The Labute approximate surface area is 99.3 Å². The minimum Gasteiger partial charge on any atom is -0.381 e. The van der Waals surface area contributed by atoms with Crippen molar-refractivity contribution in [2.24, 2.45) is 5.41 Å². The van der Waals surface area contributed by atoms with Crippen LogP contribution in [0.1, 0.15) is 39.5 Å². The van der Waals surface area contributed by atoms with Gasteiger partial charge < -0.3 is 15.4 Å². The van der Waals surface area contributed by atoms with E-state index in [4.69, 9.17) is 4.74 Å². The highest BCUT2D eigenvalue weighted by Gasteiger charge is 2.35. The molecule has 1 unspecified atom stereocenters. The lowest BCUT2D eigenvalue weighted by atomic mass is 9.82. The number of hydrogen-bond acceptors (Lipinski definition) is 3. The largest absolute Gasteiger partial charge is 0.381 e. The quantitative estimate of drug-likeness (QED) is 0.763. The van der Waals surface area contributed by atoms with E-state index in [2.05, 4.69) is 24.5 Å². The summed E-state index contributed by atoms with van der Waals surface area (Å²) in [5.41, 5.74) is 0.810. The van der Waals surface area contributed by atoms with E-state index in [1.165, 1.54) is 25.9 Å². The van der Waals surface area contributed by atoms with E-state index in [1.54, 1.807) is 0 Å². The molecule has 2 aliphatic rings. The summed E-state index contributed by atoms with van der Waals surface area (Å²) in [5.74, 6) is 0. The first kappa shape index (κ1) is 12.3. The van der Waals surface area contributed by atoms with E-state index in [0.717, 1.165) is 32.6 Å². The van der Waals surface area contributed by atoms with E-state index < -0.39 is 0 Å². The van der Waals surface area contributed by atoms with Crippen molar-refractivity contribution in [1.82, 2.24) is 10.6 Å². The fourth-order valence-electron chi connectivity index (χ4n) is 2.77. The molecule has 0 aromatic carbocycles. The molecule has 0 radical (unpaired) electrons. The highest BCUT2D eigenvalue weighted by atomic mass is 16.5. The van der Waals surface area contributed by atoms with Gasteiger partial charge in [0.1, 0.15) is 0 Å². The lowest BCUT2D eigenvalue weighted by Crippen LogP contribution is -2.51. The molecule has 0 amide bonds. The summed E-state index contributed by atoms with van der Waals surface area (Å²) in [4.78, 5) is 0. The van der Waals surface area contributed by atoms with Crippen molar-refractivity contribution in [3.8, 4) is 0 Å². The van der Waals surface area contributed by atoms with Gasteiger partial charge in [0.05, 0.1) is 0 Å². The summed E-state index contributed by atoms with van der Waals surface area (Å²) in [6.07, 6.45) is 4.91. The molecule has 16 heavy (non-hydrogen) atoms. The third kappa shape index (κ3) is 2.76. The molecule has 2 rings (SSSR count). The number of rotatable bonds is 4. The van der Waals surface area contributed by atoms with Crippen LogP contribution in [0, 0.1) is 5.41 Å². The Morgan fingerprint density at radius 3 is 2.56 bits per heavy atom. The minimum atomic E-state index is 0.309. The van der Waals surface area contributed by atoms with Gasteiger partial charge in [-0.15, -0.1) is 0 Å². The zero-order valence-electron chi connectivity index (χ0n) is 10.8. The van der Waals surface area contributed by atoms with Gasteiger partial charge in [-0.25, -0.2) is 0 Å². The highest BCUT2D eigenvalue weighted by Crippen LogP contribution is 2.30. The molecule has 2 fully saturated rings. The number of ether oxygens (including phenoxy) is 1. The fraction of sp³-hybridized carbons (Fsp3) is 1.00. The average Bonchev–Trinajstić information content (AvgIpc) is 2.77. The zero-order valence-corrected chi connectivity index (χ0v) is 10.8. The van der Waals surface area contributed by atoms with Crippen molar-refractivity contribution in [1.29, 1.82) is 0 Å². The summed E-state index contributed by atoms with van der Waals surface area (Å²) in [5, 5.41) is 7.31. The Hall–Kier alpha value is -0.120. The summed E-state index contributed by atoms with van der Waals surface area (Å²) in [7, 11) is 0. The molecular formula is C13H26N2O. The van der Waals surface area contributed by atoms with Crippen LogP contribution in [0.15, 0.2) is 0 Å². The van der Waals surface area contributed by atoms with Gasteiger partial charge in [0, 0.05) is 31.8 Å². The van der Waals surface area contributed by atoms with Crippen LogP contribution >= 0.6 is 0 Å². The number of hydrogen-bond donors (Lipinski definition) is 2. The van der Waals surface area contributed by atoms with Gasteiger partial charge in [-0.3, -0.25) is 0 Å². The van der Waals surface area contributed by atoms with Gasteiger partial charge >= 0.3 is 0 Å². The minimum absolute atomic E-state index is 0.309. The standard InChI is InChI=1S/C13H26N2O/c1-3-13(4-7-14-10-13)11-15-12(2)5-8-16-9-6-12/h14-15H,3-11H2,1-2H3. The Bertz CT molecular complexity index is 218. The molecular weight excluding hydrogens is 200 g/mol. The molecule has 0 aliphatic carbocycles. The van der Waals surface area contributed by atoms with Crippen molar-refractivity contribution < 1.29 is 4.74 Å². The van der Waals surface area contributed by atoms with Crippen LogP contribution in [0.2, 0.25) is 0 Å². The van der Waals surface area contributed by atoms with Crippen LogP contribution in [0.5, 0.6) is 0 Å². The molecule has 2 heterocycles. The van der Waals surface area contributed by atoms with E-state index in [1.807, 2.05) is 0 Å². The maximum atomic E-state index is 5.44. The second-order valence-electron chi connectivity index (χ2n) is 5.81. The average molecular weight is 226 g/mol.